The summed E-state index contributed by atoms with van der Waals surface area (Å²) < 4.78 is 16.7. The molecule has 0 saturated carbocycles. The fraction of sp³-hybridized carbons (Fsp3) is 0.259. The van der Waals surface area contributed by atoms with E-state index >= 15 is 0 Å². The largest absolute Gasteiger partial charge is 0.493 e. The molecule has 0 bridgehead atoms. The van der Waals surface area contributed by atoms with E-state index in [4.69, 9.17) is 19.5 Å². The number of rotatable bonds is 12. The minimum absolute atomic E-state index is 0.0272. The zero-order valence-corrected chi connectivity index (χ0v) is 18.8. The molecular formula is C27H28N2O4. The van der Waals surface area contributed by atoms with Crippen LogP contribution < -0.4 is 14.8 Å². The van der Waals surface area contributed by atoms with Crippen LogP contribution in [0.15, 0.2) is 72.8 Å². The molecule has 0 saturated heterocycles. The average molecular weight is 445 g/mol. The van der Waals surface area contributed by atoms with Crippen molar-refractivity contribution in [1.82, 2.24) is 5.32 Å². The van der Waals surface area contributed by atoms with Gasteiger partial charge in [0, 0.05) is 19.0 Å². The summed E-state index contributed by atoms with van der Waals surface area (Å²) in [5.74, 6) is 1.04. The normalized spacial score (nSPS) is 10.3. The van der Waals surface area contributed by atoms with Crippen molar-refractivity contribution < 1.29 is 19.0 Å². The van der Waals surface area contributed by atoms with E-state index in [1.807, 2.05) is 54.6 Å². The van der Waals surface area contributed by atoms with Crippen molar-refractivity contribution in [2.45, 2.75) is 32.6 Å². The summed E-state index contributed by atoms with van der Waals surface area (Å²) in [6.45, 7) is 1.99. The maximum absolute atomic E-state index is 12.1. The molecule has 0 spiro atoms. The first kappa shape index (κ1) is 23.8. The Kier molecular flexibility index (Phi) is 9.31. The number of methoxy groups -OCH3 is 1. The van der Waals surface area contributed by atoms with Gasteiger partial charge in [-0.2, -0.15) is 5.26 Å². The van der Waals surface area contributed by atoms with Gasteiger partial charge in [0.2, 0.25) is 5.91 Å². The first-order valence-corrected chi connectivity index (χ1v) is 10.8. The van der Waals surface area contributed by atoms with Crippen molar-refractivity contribution >= 4 is 5.91 Å². The van der Waals surface area contributed by atoms with Crippen LogP contribution in [0.2, 0.25) is 0 Å². The molecule has 6 nitrogen and oxygen atoms in total. The summed E-state index contributed by atoms with van der Waals surface area (Å²) in [4.78, 5) is 12.1. The van der Waals surface area contributed by atoms with Gasteiger partial charge < -0.3 is 19.5 Å². The number of nitriles is 1. The van der Waals surface area contributed by atoms with E-state index in [0.717, 1.165) is 16.7 Å². The molecule has 0 unspecified atom stereocenters. The topological polar surface area (TPSA) is 80.6 Å². The lowest BCUT2D eigenvalue weighted by Gasteiger charge is -2.11. The van der Waals surface area contributed by atoms with Crippen molar-refractivity contribution in [2.75, 3.05) is 13.7 Å². The van der Waals surface area contributed by atoms with Gasteiger partial charge in [0.15, 0.2) is 11.5 Å². The Balaban J connectivity index is 1.32. The van der Waals surface area contributed by atoms with Gasteiger partial charge in [0.1, 0.15) is 0 Å². The Hall–Kier alpha value is -3.82. The van der Waals surface area contributed by atoms with E-state index in [2.05, 4.69) is 11.4 Å². The number of ether oxygens (including phenoxy) is 3. The fourth-order valence-electron chi connectivity index (χ4n) is 3.17. The third-order valence-electron chi connectivity index (χ3n) is 4.99. The van der Waals surface area contributed by atoms with E-state index in [0.29, 0.717) is 56.3 Å². The van der Waals surface area contributed by atoms with Crippen LogP contribution in [-0.2, 0) is 29.3 Å². The van der Waals surface area contributed by atoms with Crippen LogP contribution in [0.1, 0.15) is 35.1 Å². The first-order chi connectivity index (χ1) is 16.2. The molecule has 170 valence electrons. The second kappa shape index (κ2) is 12.9. The molecule has 0 aromatic heterocycles. The standard InChI is InChI=1S/C27H28N2O4/c1-31-26-16-24(17-28)13-14-25(26)33-15-5-8-27(30)29-18-21-9-11-23(12-10-21)20-32-19-22-6-3-2-4-7-22/h2-4,6-7,9-14,16H,5,8,15,18-20H2,1H3,(H,29,30). The monoisotopic (exact) mass is 444 g/mol. The highest BCUT2D eigenvalue weighted by atomic mass is 16.5. The van der Waals surface area contributed by atoms with Crippen LogP contribution >= 0.6 is 0 Å². The molecule has 0 fully saturated rings. The molecule has 0 atom stereocenters. The quantitative estimate of drug-likeness (QED) is 0.408. The molecule has 6 heteroatoms. The summed E-state index contributed by atoms with van der Waals surface area (Å²) in [6.07, 6.45) is 0.941. The van der Waals surface area contributed by atoms with E-state index in [1.165, 1.54) is 7.11 Å². The second-order valence-electron chi connectivity index (χ2n) is 7.50. The molecule has 3 rings (SSSR count). The van der Waals surface area contributed by atoms with Crippen molar-refractivity contribution in [3.8, 4) is 17.6 Å². The van der Waals surface area contributed by atoms with Crippen molar-refractivity contribution in [3.63, 3.8) is 0 Å². The highest BCUT2D eigenvalue weighted by molar-refractivity contribution is 5.75. The number of nitrogens with one attached hydrogen (secondary N) is 1. The van der Waals surface area contributed by atoms with Gasteiger partial charge in [-0.25, -0.2) is 0 Å². The number of nitrogens with zero attached hydrogens (tertiary/aromatic N) is 1. The van der Waals surface area contributed by atoms with Crippen LogP contribution in [0, 0.1) is 11.3 Å². The average Bonchev–Trinajstić information content (AvgIpc) is 2.86. The molecule has 0 aliphatic heterocycles. The summed E-state index contributed by atoms with van der Waals surface area (Å²) in [7, 11) is 1.53. The lowest BCUT2D eigenvalue weighted by molar-refractivity contribution is -0.121. The first-order valence-electron chi connectivity index (χ1n) is 10.8. The van der Waals surface area contributed by atoms with Gasteiger partial charge in [-0.15, -0.1) is 0 Å². The summed E-state index contributed by atoms with van der Waals surface area (Å²) in [5, 5.41) is 11.9. The molecule has 0 aliphatic rings. The molecule has 3 aromatic carbocycles. The molecule has 1 N–H and O–H groups in total. The molecule has 33 heavy (non-hydrogen) atoms. The van der Waals surface area contributed by atoms with Gasteiger partial charge in [-0.3, -0.25) is 4.79 Å². The maximum Gasteiger partial charge on any atom is 0.220 e. The van der Waals surface area contributed by atoms with Crippen molar-refractivity contribution in [3.05, 3.63) is 95.1 Å². The Morgan fingerprint density at radius 1 is 0.909 bits per heavy atom. The van der Waals surface area contributed by atoms with Gasteiger partial charge in [0.25, 0.3) is 0 Å². The molecule has 0 heterocycles. The highest BCUT2D eigenvalue weighted by Gasteiger charge is 2.07. The van der Waals surface area contributed by atoms with Crippen LogP contribution in [0.3, 0.4) is 0 Å². The zero-order valence-electron chi connectivity index (χ0n) is 18.8. The zero-order chi connectivity index (χ0) is 23.3. The highest BCUT2D eigenvalue weighted by Crippen LogP contribution is 2.27. The lowest BCUT2D eigenvalue weighted by atomic mass is 10.1. The molecule has 3 aromatic rings. The molecular weight excluding hydrogens is 416 g/mol. The number of hydrogen-bond acceptors (Lipinski definition) is 5. The summed E-state index contributed by atoms with van der Waals surface area (Å²) in [5.41, 5.74) is 3.79. The molecule has 0 aliphatic carbocycles. The Labute approximate surface area is 194 Å². The predicted molar refractivity (Wildman–Crippen MR) is 126 cm³/mol. The molecule has 1 amide bonds. The van der Waals surface area contributed by atoms with Gasteiger partial charge in [-0.1, -0.05) is 54.6 Å². The number of amides is 1. The number of hydrogen-bond donors (Lipinski definition) is 1. The predicted octanol–water partition coefficient (Wildman–Crippen LogP) is 4.76. The SMILES string of the molecule is COc1cc(C#N)ccc1OCCCC(=O)NCc1ccc(COCc2ccccc2)cc1. The van der Waals surface area contributed by atoms with Crippen molar-refractivity contribution in [1.29, 1.82) is 5.26 Å². The van der Waals surface area contributed by atoms with Gasteiger partial charge in [-0.05, 0) is 35.2 Å². The summed E-state index contributed by atoms with van der Waals surface area (Å²) >= 11 is 0. The third-order valence-corrected chi connectivity index (χ3v) is 4.99. The van der Waals surface area contributed by atoms with Crippen LogP contribution in [0.4, 0.5) is 0 Å². The minimum Gasteiger partial charge on any atom is -0.493 e. The van der Waals surface area contributed by atoms with Crippen molar-refractivity contribution in [2.24, 2.45) is 0 Å². The van der Waals surface area contributed by atoms with Gasteiger partial charge in [0.05, 0.1) is 38.6 Å². The van der Waals surface area contributed by atoms with Crippen LogP contribution in [0.5, 0.6) is 11.5 Å². The number of carbonyl (C=O) groups is 1. The third kappa shape index (κ3) is 7.99. The minimum atomic E-state index is -0.0272. The maximum atomic E-state index is 12.1. The van der Waals surface area contributed by atoms with Gasteiger partial charge >= 0.3 is 0 Å². The number of benzene rings is 3. The Bertz CT molecular complexity index is 1060. The Morgan fingerprint density at radius 3 is 2.30 bits per heavy atom. The fourth-order valence-corrected chi connectivity index (χ4v) is 3.17. The van der Waals surface area contributed by atoms with Crippen LogP contribution in [0.25, 0.3) is 0 Å². The molecule has 0 radical (unpaired) electrons. The summed E-state index contributed by atoms with van der Waals surface area (Å²) in [6, 6.07) is 25.2. The Morgan fingerprint density at radius 2 is 1.61 bits per heavy atom. The van der Waals surface area contributed by atoms with E-state index < -0.39 is 0 Å². The lowest BCUT2D eigenvalue weighted by Crippen LogP contribution is -2.23. The smallest absolute Gasteiger partial charge is 0.220 e. The van der Waals surface area contributed by atoms with E-state index in [1.54, 1.807) is 18.2 Å². The second-order valence-corrected chi connectivity index (χ2v) is 7.50. The number of carbonyl (C=O) groups excluding carboxylic acids is 1. The van der Waals surface area contributed by atoms with Crippen LogP contribution in [-0.4, -0.2) is 19.6 Å². The van der Waals surface area contributed by atoms with E-state index in [9.17, 15) is 4.79 Å². The van der Waals surface area contributed by atoms with E-state index in [-0.39, 0.29) is 5.91 Å².